The molecule has 0 aromatic carbocycles. The Morgan fingerprint density at radius 1 is 1.09 bits per heavy atom. The van der Waals surface area contributed by atoms with Gasteiger partial charge in [0, 0.05) is 0 Å². The van der Waals surface area contributed by atoms with Crippen LogP contribution in [0.15, 0.2) is 12.2 Å². The Kier molecular flexibility index (Phi) is 3.17. The predicted octanol–water partition coefficient (Wildman–Crippen LogP) is 5.29. The Morgan fingerprint density at radius 2 is 1.83 bits per heavy atom. The SMILES string of the molecule is C=C1CC[C@@]2(C)C3CCC4C[C@@]3(CC[C@@H]2C1(C)C)C[C@@H]4C(=O)O. The molecule has 128 valence electrons. The van der Waals surface area contributed by atoms with Crippen molar-refractivity contribution >= 4 is 5.97 Å². The van der Waals surface area contributed by atoms with Gasteiger partial charge in [-0.1, -0.05) is 32.9 Å². The number of carboxylic acid groups (broad SMARTS) is 1. The maximum atomic E-state index is 11.7. The second-order valence-electron chi connectivity index (χ2n) is 10.0. The number of fused-ring (bicyclic) bond motifs is 3. The minimum atomic E-state index is -0.530. The molecule has 0 amide bonds. The fourth-order valence-electron chi connectivity index (χ4n) is 7.85. The average molecular weight is 316 g/mol. The van der Waals surface area contributed by atoms with E-state index in [4.69, 9.17) is 0 Å². The van der Waals surface area contributed by atoms with Crippen LogP contribution < -0.4 is 0 Å². The van der Waals surface area contributed by atoms with Crippen molar-refractivity contribution in [1.29, 1.82) is 0 Å². The van der Waals surface area contributed by atoms with Gasteiger partial charge in [-0.2, -0.15) is 0 Å². The van der Waals surface area contributed by atoms with Gasteiger partial charge in [0.25, 0.3) is 0 Å². The summed E-state index contributed by atoms with van der Waals surface area (Å²) in [6.45, 7) is 11.8. The molecule has 0 aromatic rings. The molecule has 6 atom stereocenters. The standard InChI is InChI=1S/C21H32O2/c1-13-7-9-20(4)16(19(13,2)3)8-10-21-11-14(5-6-17(20)21)15(12-21)18(22)23/h14-17H,1,5-12H2,2-4H3,(H,22,23)/t14?,15-,16+,17?,20+,21-/m0/s1. The summed E-state index contributed by atoms with van der Waals surface area (Å²) in [6, 6.07) is 0. The van der Waals surface area contributed by atoms with Gasteiger partial charge in [0.1, 0.15) is 0 Å². The maximum absolute atomic E-state index is 11.7. The molecule has 4 aliphatic rings. The van der Waals surface area contributed by atoms with Gasteiger partial charge in [0.2, 0.25) is 0 Å². The van der Waals surface area contributed by atoms with Crippen LogP contribution in [0, 0.1) is 39.9 Å². The van der Waals surface area contributed by atoms with E-state index in [9.17, 15) is 9.90 Å². The Bertz CT molecular complexity index is 562. The van der Waals surface area contributed by atoms with E-state index in [2.05, 4.69) is 27.4 Å². The van der Waals surface area contributed by atoms with E-state index in [1.807, 2.05) is 0 Å². The highest BCUT2D eigenvalue weighted by Gasteiger charge is 2.65. The fourth-order valence-corrected chi connectivity index (χ4v) is 7.85. The zero-order valence-electron chi connectivity index (χ0n) is 15.0. The first-order chi connectivity index (χ1) is 10.7. The van der Waals surface area contributed by atoms with Crippen LogP contribution >= 0.6 is 0 Å². The maximum Gasteiger partial charge on any atom is 0.306 e. The van der Waals surface area contributed by atoms with Crippen molar-refractivity contribution < 1.29 is 9.90 Å². The van der Waals surface area contributed by atoms with Crippen molar-refractivity contribution in [2.75, 3.05) is 0 Å². The minimum absolute atomic E-state index is 0.0632. The largest absolute Gasteiger partial charge is 0.481 e. The van der Waals surface area contributed by atoms with Crippen LogP contribution in [-0.2, 0) is 4.79 Å². The van der Waals surface area contributed by atoms with E-state index in [0.717, 1.165) is 24.7 Å². The molecule has 0 aliphatic heterocycles. The molecule has 4 aliphatic carbocycles. The highest BCUT2D eigenvalue weighted by molar-refractivity contribution is 5.71. The van der Waals surface area contributed by atoms with Crippen LogP contribution in [0.4, 0.5) is 0 Å². The molecule has 1 spiro atoms. The highest BCUT2D eigenvalue weighted by Crippen LogP contribution is 2.72. The molecule has 0 radical (unpaired) electrons. The van der Waals surface area contributed by atoms with Gasteiger partial charge in [-0.3, -0.25) is 4.79 Å². The summed E-state index contributed by atoms with van der Waals surface area (Å²) in [6.07, 6.45) is 9.54. The monoisotopic (exact) mass is 316 g/mol. The second-order valence-corrected chi connectivity index (χ2v) is 10.0. The van der Waals surface area contributed by atoms with Crippen molar-refractivity contribution in [3.05, 3.63) is 12.2 Å². The first kappa shape index (κ1) is 15.7. The molecule has 4 saturated carbocycles. The third kappa shape index (κ3) is 1.90. The number of aliphatic carboxylic acids is 1. The van der Waals surface area contributed by atoms with E-state index in [-0.39, 0.29) is 11.3 Å². The molecule has 0 heterocycles. The number of hydrogen-bond acceptors (Lipinski definition) is 1. The van der Waals surface area contributed by atoms with Gasteiger partial charge in [0.15, 0.2) is 0 Å². The van der Waals surface area contributed by atoms with Gasteiger partial charge in [-0.25, -0.2) is 0 Å². The third-order valence-corrected chi connectivity index (χ3v) is 9.02. The molecule has 23 heavy (non-hydrogen) atoms. The van der Waals surface area contributed by atoms with Gasteiger partial charge in [-0.15, -0.1) is 0 Å². The highest BCUT2D eigenvalue weighted by atomic mass is 16.4. The van der Waals surface area contributed by atoms with E-state index in [0.29, 0.717) is 16.7 Å². The van der Waals surface area contributed by atoms with Crippen molar-refractivity contribution in [1.82, 2.24) is 0 Å². The first-order valence-electron chi connectivity index (χ1n) is 9.62. The Labute approximate surface area is 140 Å². The number of rotatable bonds is 1. The molecule has 2 bridgehead atoms. The zero-order chi connectivity index (χ0) is 16.6. The van der Waals surface area contributed by atoms with Crippen molar-refractivity contribution in [2.45, 2.75) is 72.1 Å². The van der Waals surface area contributed by atoms with Crippen LogP contribution in [0.3, 0.4) is 0 Å². The number of carboxylic acids is 1. The van der Waals surface area contributed by atoms with Crippen molar-refractivity contribution in [3.8, 4) is 0 Å². The number of allylic oxidation sites excluding steroid dienone is 1. The Morgan fingerprint density at radius 3 is 2.52 bits per heavy atom. The molecule has 0 saturated heterocycles. The second kappa shape index (κ2) is 4.64. The molecule has 4 fully saturated rings. The van der Waals surface area contributed by atoms with Crippen LogP contribution in [0.25, 0.3) is 0 Å². The lowest BCUT2D eigenvalue weighted by molar-refractivity contribution is -0.143. The lowest BCUT2D eigenvalue weighted by Gasteiger charge is -2.64. The van der Waals surface area contributed by atoms with E-state index < -0.39 is 5.97 Å². The first-order valence-corrected chi connectivity index (χ1v) is 9.62. The Balaban J connectivity index is 1.71. The summed E-state index contributed by atoms with van der Waals surface area (Å²) in [7, 11) is 0. The van der Waals surface area contributed by atoms with Crippen LogP contribution in [0.1, 0.15) is 72.1 Å². The van der Waals surface area contributed by atoms with Crippen molar-refractivity contribution in [3.63, 3.8) is 0 Å². The molecular formula is C21H32O2. The quantitative estimate of drug-likeness (QED) is 0.668. The summed E-state index contributed by atoms with van der Waals surface area (Å²) in [5.74, 6) is 1.33. The Hall–Kier alpha value is -0.790. The van der Waals surface area contributed by atoms with Gasteiger partial charge >= 0.3 is 5.97 Å². The van der Waals surface area contributed by atoms with Gasteiger partial charge < -0.3 is 5.11 Å². The molecule has 2 heteroatoms. The normalized spacial score (nSPS) is 51.0. The van der Waals surface area contributed by atoms with E-state index in [1.165, 1.54) is 44.1 Å². The minimum Gasteiger partial charge on any atom is -0.481 e. The lowest BCUT2D eigenvalue weighted by Crippen LogP contribution is -2.56. The number of hydrogen-bond donors (Lipinski definition) is 1. The van der Waals surface area contributed by atoms with Crippen LogP contribution in [0.5, 0.6) is 0 Å². The van der Waals surface area contributed by atoms with Gasteiger partial charge in [0.05, 0.1) is 5.92 Å². The smallest absolute Gasteiger partial charge is 0.306 e. The van der Waals surface area contributed by atoms with E-state index >= 15 is 0 Å². The third-order valence-electron chi connectivity index (χ3n) is 9.02. The summed E-state index contributed by atoms with van der Waals surface area (Å²) < 4.78 is 0. The number of carbonyl (C=O) groups is 1. The lowest BCUT2D eigenvalue weighted by atomic mass is 9.40. The summed E-state index contributed by atoms with van der Waals surface area (Å²) in [5, 5.41) is 9.65. The molecule has 0 aromatic heterocycles. The molecule has 4 rings (SSSR count). The predicted molar refractivity (Wildman–Crippen MR) is 92.0 cm³/mol. The summed E-state index contributed by atoms with van der Waals surface area (Å²) in [4.78, 5) is 11.7. The van der Waals surface area contributed by atoms with E-state index in [1.54, 1.807) is 0 Å². The molecule has 2 nitrogen and oxygen atoms in total. The van der Waals surface area contributed by atoms with Crippen LogP contribution in [0.2, 0.25) is 0 Å². The molecule has 1 N–H and O–H groups in total. The summed E-state index contributed by atoms with van der Waals surface area (Å²) in [5.41, 5.74) is 2.42. The molecule has 2 unspecified atom stereocenters. The van der Waals surface area contributed by atoms with Crippen LogP contribution in [-0.4, -0.2) is 11.1 Å². The summed E-state index contributed by atoms with van der Waals surface area (Å²) >= 11 is 0. The molecular weight excluding hydrogens is 284 g/mol. The zero-order valence-corrected chi connectivity index (χ0v) is 15.0. The topological polar surface area (TPSA) is 37.3 Å². The van der Waals surface area contributed by atoms with Crippen molar-refractivity contribution in [2.24, 2.45) is 39.9 Å². The average Bonchev–Trinajstić information content (AvgIpc) is 2.75. The fraction of sp³-hybridized carbons (Fsp3) is 0.857. The van der Waals surface area contributed by atoms with Gasteiger partial charge in [-0.05, 0) is 85.4 Å².